The fourth-order valence-corrected chi connectivity index (χ4v) is 0. The van der Waals surface area contributed by atoms with Crippen LogP contribution in [0, 0.1) is 0 Å². The Hall–Kier alpha value is -0.0105. The first-order valence-corrected chi connectivity index (χ1v) is 0.993. The van der Waals surface area contributed by atoms with E-state index in [0.29, 0.717) is 0 Å². The molecule has 0 aliphatic rings. The number of carbonyl (C=O) groups excluding carboxylic acids is 1. The van der Waals surface area contributed by atoms with Gasteiger partial charge in [0.2, 0.25) is 5.91 Å². The van der Waals surface area contributed by atoms with Crippen LogP contribution in [0.25, 0.3) is 0 Å². The van der Waals surface area contributed by atoms with Crippen LogP contribution in [0.1, 0.15) is 6.92 Å². The van der Waals surface area contributed by atoms with E-state index in [9.17, 15) is 4.79 Å². The molecule has 2 N–H and O–H groups in total. The minimum absolute atomic E-state index is 0. The molecule has 0 aromatic carbocycles. The van der Waals surface area contributed by atoms with E-state index in [2.05, 4.69) is 5.73 Å². The van der Waals surface area contributed by atoms with Crippen molar-refractivity contribution in [2.24, 2.45) is 5.73 Å². The van der Waals surface area contributed by atoms with Crippen molar-refractivity contribution < 1.29 is 21.9 Å². The summed E-state index contributed by atoms with van der Waals surface area (Å²) in [6.45, 7) is 1.31. The maximum absolute atomic E-state index is 9.22. The van der Waals surface area contributed by atoms with E-state index in [-0.39, 0.29) is 23.0 Å². The molecule has 0 fully saturated rings. The van der Waals surface area contributed by atoms with Gasteiger partial charge in [0.05, 0.1) is 0 Å². The van der Waals surface area contributed by atoms with Crippen molar-refractivity contribution in [2.45, 2.75) is 6.92 Å². The van der Waals surface area contributed by atoms with Gasteiger partial charge in [-0.2, -0.15) is 0 Å². The average molecular weight is 123 g/mol. The molecule has 0 aromatic heterocycles. The Balaban J connectivity index is 0. The molecule has 2 nitrogen and oxygen atoms in total. The van der Waals surface area contributed by atoms with Gasteiger partial charge in [-0.05, 0) is 0 Å². The van der Waals surface area contributed by atoms with Crippen LogP contribution in [0.15, 0.2) is 0 Å². The van der Waals surface area contributed by atoms with Crippen LogP contribution in [0.3, 0.4) is 0 Å². The van der Waals surface area contributed by atoms with Gasteiger partial charge in [0, 0.05) is 6.92 Å². The van der Waals surface area contributed by atoms with Crippen LogP contribution >= 0.6 is 0 Å². The molecule has 34 valence electrons. The van der Waals surface area contributed by atoms with Crippen molar-refractivity contribution in [1.29, 1.82) is 0 Å². The third-order valence-electron chi connectivity index (χ3n) is 0. The molecule has 0 unspecified atom stereocenters. The molecule has 0 heterocycles. The van der Waals surface area contributed by atoms with Crippen LogP contribution in [0.4, 0.5) is 0 Å². The summed E-state index contributed by atoms with van der Waals surface area (Å²) in [6.07, 6.45) is 0. The molecule has 0 saturated heterocycles. The topological polar surface area (TPSA) is 43.1 Å². The molecule has 0 spiro atoms. The van der Waals surface area contributed by atoms with E-state index < -0.39 is 0 Å². The molecule has 0 aromatic rings. The largest absolute Gasteiger partial charge is 1.00 e. The summed E-state index contributed by atoms with van der Waals surface area (Å²) < 4.78 is 0. The molecule has 1 amide bonds. The van der Waals surface area contributed by atoms with Crippen molar-refractivity contribution in [3.63, 3.8) is 0 Å². The molecular formula is C2H5CuNO+. The number of rotatable bonds is 0. The Morgan fingerprint density at radius 3 is 1.80 bits per heavy atom. The normalized spacial score (nSPS) is 5.00. The quantitative estimate of drug-likeness (QED) is 0.432. The van der Waals surface area contributed by atoms with Gasteiger partial charge in [-0.15, -0.1) is 0 Å². The monoisotopic (exact) mass is 122 g/mol. The number of hydrogen-bond acceptors (Lipinski definition) is 1. The molecular weight excluding hydrogens is 118 g/mol. The average Bonchev–Trinajstić information content (AvgIpc) is 0.811. The van der Waals surface area contributed by atoms with Crippen LogP contribution in [-0.2, 0) is 21.9 Å². The third-order valence-corrected chi connectivity index (χ3v) is 0. The second-order valence-corrected chi connectivity index (χ2v) is 0.611. The Kier molecular flexibility index (Phi) is 7.09. The predicted octanol–water partition coefficient (Wildman–Crippen LogP) is -0.511. The molecule has 3 heteroatoms. The summed E-state index contributed by atoms with van der Waals surface area (Å²) in [5.41, 5.74) is 4.47. The summed E-state index contributed by atoms with van der Waals surface area (Å²) in [5.74, 6) is -0.333. The van der Waals surface area contributed by atoms with Crippen molar-refractivity contribution in [2.75, 3.05) is 0 Å². The summed E-state index contributed by atoms with van der Waals surface area (Å²) in [5, 5.41) is 0. The van der Waals surface area contributed by atoms with Gasteiger partial charge in [0.15, 0.2) is 0 Å². The number of primary amides is 1. The van der Waals surface area contributed by atoms with Crippen molar-refractivity contribution in [3.8, 4) is 0 Å². The number of nitrogens with two attached hydrogens (primary N) is 1. The van der Waals surface area contributed by atoms with E-state index in [0.717, 1.165) is 0 Å². The Bertz CT molecular complexity index is 32.6. The fraction of sp³-hybridized carbons (Fsp3) is 0.500. The smallest absolute Gasteiger partial charge is 0.370 e. The zero-order chi connectivity index (χ0) is 3.58. The minimum atomic E-state index is -0.333. The number of amides is 1. The molecule has 0 saturated carbocycles. The van der Waals surface area contributed by atoms with Crippen LogP contribution in [-0.4, -0.2) is 5.91 Å². The standard InChI is InChI=1S/C2H5NO.Cu/c1-2(3)4;/h1H3,(H2,3,4);/q;+1. The van der Waals surface area contributed by atoms with Crippen molar-refractivity contribution in [3.05, 3.63) is 0 Å². The zero-order valence-electron chi connectivity index (χ0n) is 2.79. The van der Waals surface area contributed by atoms with E-state index in [4.69, 9.17) is 0 Å². The second kappa shape index (κ2) is 3.99. The first kappa shape index (κ1) is 8.89. The number of carbonyl (C=O) groups is 1. The predicted molar refractivity (Wildman–Crippen MR) is 14.9 cm³/mol. The van der Waals surface area contributed by atoms with Gasteiger partial charge in [-0.3, -0.25) is 4.79 Å². The van der Waals surface area contributed by atoms with Gasteiger partial charge < -0.3 is 5.73 Å². The van der Waals surface area contributed by atoms with Crippen LogP contribution < -0.4 is 5.73 Å². The molecule has 0 rings (SSSR count). The maximum Gasteiger partial charge on any atom is 1.00 e. The van der Waals surface area contributed by atoms with Crippen LogP contribution in [0.5, 0.6) is 0 Å². The fourth-order valence-electron chi connectivity index (χ4n) is 0. The van der Waals surface area contributed by atoms with Gasteiger partial charge in [0.1, 0.15) is 0 Å². The summed E-state index contributed by atoms with van der Waals surface area (Å²) >= 11 is 0. The van der Waals surface area contributed by atoms with Crippen molar-refractivity contribution in [1.82, 2.24) is 0 Å². The second-order valence-electron chi connectivity index (χ2n) is 0.611. The minimum Gasteiger partial charge on any atom is -0.370 e. The van der Waals surface area contributed by atoms with Gasteiger partial charge in [0.25, 0.3) is 0 Å². The maximum atomic E-state index is 9.22. The summed E-state index contributed by atoms with van der Waals surface area (Å²) in [7, 11) is 0. The van der Waals surface area contributed by atoms with E-state index in [1.54, 1.807) is 0 Å². The third kappa shape index (κ3) is 143000. The van der Waals surface area contributed by atoms with E-state index in [1.807, 2.05) is 0 Å². The van der Waals surface area contributed by atoms with Gasteiger partial charge in [-0.25, -0.2) is 0 Å². The number of hydrogen-bond donors (Lipinski definition) is 1. The Morgan fingerprint density at radius 1 is 1.80 bits per heavy atom. The van der Waals surface area contributed by atoms with Crippen LogP contribution in [0.2, 0.25) is 0 Å². The molecule has 0 bridgehead atoms. The van der Waals surface area contributed by atoms with Gasteiger partial charge >= 0.3 is 17.1 Å². The first-order chi connectivity index (χ1) is 1.73. The van der Waals surface area contributed by atoms with Crippen molar-refractivity contribution >= 4 is 5.91 Å². The Morgan fingerprint density at radius 2 is 1.80 bits per heavy atom. The summed E-state index contributed by atoms with van der Waals surface area (Å²) in [4.78, 5) is 9.22. The first-order valence-electron chi connectivity index (χ1n) is 0.993. The van der Waals surface area contributed by atoms with Gasteiger partial charge in [-0.1, -0.05) is 0 Å². The SMILES string of the molecule is CC(N)=O.[Cu+]. The molecule has 5 heavy (non-hydrogen) atoms. The molecule has 0 radical (unpaired) electrons. The summed E-state index contributed by atoms with van der Waals surface area (Å²) in [6, 6.07) is 0. The molecule has 0 aliphatic heterocycles. The Labute approximate surface area is 41.2 Å². The zero-order valence-corrected chi connectivity index (χ0v) is 3.73. The van der Waals surface area contributed by atoms with E-state index >= 15 is 0 Å². The molecule has 0 atom stereocenters. The molecule has 0 aliphatic carbocycles. The van der Waals surface area contributed by atoms with E-state index in [1.165, 1.54) is 6.92 Å².